The lowest BCUT2D eigenvalue weighted by atomic mass is 10.0. The van der Waals surface area contributed by atoms with Crippen molar-refractivity contribution < 1.29 is 14.3 Å². The van der Waals surface area contributed by atoms with Gasteiger partial charge in [-0.25, -0.2) is 4.39 Å². The van der Waals surface area contributed by atoms with E-state index in [-0.39, 0.29) is 17.8 Å². The number of likely N-dealkylation sites (tertiary alicyclic amines) is 1. The molecule has 1 fully saturated rings. The van der Waals surface area contributed by atoms with Crippen molar-refractivity contribution in [2.24, 2.45) is 0 Å². The Morgan fingerprint density at radius 2 is 2.14 bits per heavy atom. The zero-order valence-corrected chi connectivity index (χ0v) is 12.8. The number of nitrogens with zero attached hydrogens (tertiary/aromatic N) is 1. The summed E-state index contributed by atoms with van der Waals surface area (Å²) in [5.41, 5.74) is 1.16. The van der Waals surface area contributed by atoms with Crippen LogP contribution in [0.5, 0.6) is 0 Å². The molecule has 0 saturated carbocycles. The van der Waals surface area contributed by atoms with Crippen LogP contribution in [-0.4, -0.2) is 34.6 Å². The molecule has 0 radical (unpaired) electrons. The molecule has 2 rings (SSSR count). The smallest absolute Gasteiger partial charge is 0.254 e. The van der Waals surface area contributed by atoms with Crippen molar-refractivity contribution in [3.8, 4) is 0 Å². The first-order valence-corrected chi connectivity index (χ1v) is 7.73. The Bertz CT molecular complexity index is 481. The fourth-order valence-corrected chi connectivity index (χ4v) is 3.11. The Labute approximate surface area is 125 Å². The van der Waals surface area contributed by atoms with Gasteiger partial charge in [-0.1, -0.05) is 12.8 Å². The van der Waals surface area contributed by atoms with Crippen LogP contribution >= 0.6 is 0 Å². The lowest BCUT2D eigenvalue weighted by molar-refractivity contribution is 0.0606. The highest BCUT2D eigenvalue weighted by Crippen LogP contribution is 2.23. The molecule has 2 atom stereocenters. The summed E-state index contributed by atoms with van der Waals surface area (Å²) < 4.78 is 13.5. The Kier molecular flexibility index (Phi) is 5.34. The molecule has 116 valence electrons. The molecule has 0 spiro atoms. The molecule has 1 amide bonds. The number of hydrogen-bond acceptors (Lipinski definition) is 2. The first-order valence-electron chi connectivity index (χ1n) is 7.73. The Balaban J connectivity index is 2.24. The van der Waals surface area contributed by atoms with E-state index in [1.54, 1.807) is 19.9 Å². The predicted molar refractivity (Wildman–Crippen MR) is 80.7 cm³/mol. The van der Waals surface area contributed by atoms with E-state index in [0.717, 1.165) is 31.2 Å². The monoisotopic (exact) mass is 293 g/mol. The molecule has 1 aliphatic rings. The van der Waals surface area contributed by atoms with Crippen LogP contribution < -0.4 is 0 Å². The quantitative estimate of drug-likeness (QED) is 0.929. The Hall–Kier alpha value is -1.42. The van der Waals surface area contributed by atoms with Gasteiger partial charge >= 0.3 is 0 Å². The molecule has 4 heteroatoms. The molecule has 21 heavy (non-hydrogen) atoms. The molecule has 1 aromatic rings. The number of rotatable bonds is 3. The number of aliphatic hydroxyl groups excluding tert-OH is 1. The normalized spacial score (nSPS) is 21.0. The standard InChI is InChI=1S/C17H24FNO2/c1-12-8-14(11-15(18)9-12)17(21)19-7-5-3-4-6-16(19)10-13(2)20/h8-9,11,13,16,20H,3-7,10H2,1-2H3. The minimum absolute atomic E-state index is 0.0450. The van der Waals surface area contributed by atoms with Gasteiger partial charge in [-0.2, -0.15) is 0 Å². The van der Waals surface area contributed by atoms with Gasteiger partial charge in [0.2, 0.25) is 0 Å². The second-order valence-corrected chi connectivity index (χ2v) is 6.10. The second-order valence-electron chi connectivity index (χ2n) is 6.10. The molecule has 1 saturated heterocycles. The van der Waals surface area contributed by atoms with Gasteiger partial charge in [0.25, 0.3) is 5.91 Å². The van der Waals surface area contributed by atoms with Crippen LogP contribution in [-0.2, 0) is 0 Å². The maximum atomic E-state index is 13.5. The summed E-state index contributed by atoms with van der Waals surface area (Å²) in [6.45, 7) is 4.22. The van der Waals surface area contributed by atoms with Gasteiger partial charge in [0.1, 0.15) is 5.82 Å². The van der Waals surface area contributed by atoms with E-state index in [9.17, 15) is 14.3 Å². The van der Waals surface area contributed by atoms with Crippen LogP contribution in [0.4, 0.5) is 4.39 Å². The SMILES string of the molecule is Cc1cc(F)cc(C(=O)N2CCCCCC2CC(C)O)c1. The van der Waals surface area contributed by atoms with E-state index >= 15 is 0 Å². The van der Waals surface area contributed by atoms with E-state index < -0.39 is 6.10 Å². The third kappa shape index (κ3) is 4.27. The van der Waals surface area contributed by atoms with Gasteiger partial charge < -0.3 is 10.0 Å². The average molecular weight is 293 g/mol. The minimum atomic E-state index is -0.433. The molecule has 3 nitrogen and oxygen atoms in total. The van der Waals surface area contributed by atoms with E-state index in [2.05, 4.69) is 0 Å². The van der Waals surface area contributed by atoms with Crippen LogP contribution in [0.2, 0.25) is 0 Å². The van der Waals surface area contributed by atoms with Crippen molar-refractivity contribution in [1.29, 1.82) is 0 Å². The number of carbonyl (C=O) groups excluding carboxylic acids is 1. The number of halogens is 1. The number of aliphatic hydroxyl groups is 1. The summed E-state index contributed by atoms with van der Waals surface area (Å²) in [4.78, 5) is 14.6. The summed E-state index contributed by atoms with van der Waals surface area (Å²) in [6, 6.07) is 4.51. The van der Waals surface area contributed by atoms with E-state index in [1.165, 1.54) is 12.1 Å². The first kappa shape index (κ1) is 16.0. The van der Waals surface area contributed by atoms with E-state index in [0.29, 0.717) is 18.5 Å². The molecule has 0 bridgehead atoms. The van der Waals surface area contributed by atoms with Gasteiger partial charge in [-0.15, -0.1) is 0 Å². The highest BCUT2D eigenvalue weighted by molar-refractivity contribution is 5.94. The summed E-state index contributed by atoms with van der Waals surface area (Å²) in [7, 11) is 0. The number of amides is 1. The molecule has 1 aromatic carbocycles. The van der Waals surface area contributed by atoms with Crippen molar-refractivity contribution in [2.75, 3.05) is 6.54 Å². The van der Waals surface area contributed by atoms with Gasteiger partial charge in [0, 0.05) is 18.2 Å². The molecule has 0 aliphatic carbocycles. The lowest BCUT2D eigenvalue weighted by Gasteiger charge is -2.31. The first-order chi connectivity index (χ1) is 9.97. The van der Waals surface area contributed by atoms with Crippen molar-refractivity contribution in [2.45, 2.75) is 58.1 Å². The summed E-state index contributed by atoms with van der Waals surface area (Å²) in [5, 5.41) is 9.66. The molecular weight excluding hydrogens is 269 g/mol. The third-order valence-electron chi connectivity index (χ3n) is 4.04. The largest absolute Gasteiger partial charge is 0.393 e. The maximum absolute atomic E-state index is 13.5. The molecule has 1 heterocycles. The van der Waals surface area contributed by atoms with E-state index in [1.807, 2.05) is 4.90 Å². The molecule has 1 aliphatic heterocycles. The summed E-state index contributed by atoms with van der Waals surface area (Å²) >= 11 is 0. The third-order valence-corrected chi connectivity index (χ3v) is 4.04. The summed E-state index contributed by atoms with van der Waals surface area (Å²) in [5.74, 6) is -0.495. The van der Waals surface area contributed by atoms with Crippen LogP contribution in [0.3, 0.4) is 0 Å². The number of benzene rings is 1. The van der Waals surface area contributed by atoms with Gasteiger partial charge in [-0.05, 0) is 56.9 Å². The fraction of sp³-hybridized carbons (Fsp3) is 0.588. The maximum Gasteiger partial charge on any atom is 0.254 e. The minimum Gasteiger partial charge on any atom is -0.393 e. The fourth-order valence-electron chi connectivity index (χ4n) is 3.11. The van der Waals surface area contributed by atoms with Gasteiger partial charge in [-0.3, -0.25) is 4.79 Å². The topological polar surface area (TPSA) is 40.5 Å². The van der Waals surface area contributed by atoms with Crippen LogP contribution in [0.15, 0.2) is 18.2 Å². The van der Waals surface area contributed by atoms with Crippen LogP contribution in [0.25, 0.3) is 0 Å². The zero-order chi connectivity index (χ0) is 15.4. The van der Waals surface area contributed by atoms with Crippen LogP contribution in [0, 0.1) is 12.7 Å². The van der Waals surface area contributed by atoms with Crippen molar-refractivity contribution in [3.05, 3.63) is 35.1 Å². The number of hydrogen-bond donors (Lipinski definition) is 1. The Morgan fingerprint density at radius 3 is 2.81 bits per heavy atom. The van der Waals surface area contributed by atoms with Gasteiger partial charge in [0.05, 0.1) is 6.10 Å². The highest BCUT2D eigenvalue weighted by Gasteiger charge is 2.27. The van der Waals surface area contributed by atoms with Gasteiger partial charge in [0.15, 0.2) is 0 Å². The highest BCUT2D eigenvalue weighted by atomic mass is 19.1. The van der Waals surface area contributed by atoms with Crippen molar-refractivity contribution in [3.63, 3.8) is 0 Å². The molecule has 0 aromatic heterocycles. The lowest BCUT2D eigenvalue weighted by Crippen LogP contribution is -2.41. The summed E-state index contributed by atoms with van der Waals surface area (Å²) in [6.07, 6.45) is 4.20. The van der Waals surface area contributed by atoms with Crippen LogP contribution in [0.1, 0.15) is 54.9 Å². The Morgan fingerprint density at radius 1 is 1.38 bits per heavy atom. The van der Waals surface area contributed by atoms with Crippen molar-refractivity contribution >= 4 is 5.91 Å². The number of aryl methyl sites for hydroxylation is 1. The molecular formula is C17H24FNO2. The predicted octanol–water partition coefficient (Wildman–Crippen LogP) is 3.29. The number of carbonyl (C=O) groups is 1. The second kappa shape index (κ2) is 7.03. The zero-order valence-electron chi connectivity index (χ0n) is 12.8. The van der Waals surface area contributed by atoms with E-state index in [4.69, 9.17) is 0 Å². The van der Waals surface area contributed by atoms with Crippen molar-refractivity contribution in [1.82, 2.24) is 4.90 Å². The molecule has 2 unspecified atom stereocenters. The average Bonchev–Trinajstić information content (AvgIpc) is 2.61. The molecule has 1 N–H and O–H groups in total.